The molecule has 2 rings (SSSR count). The number of hydrogen-bond donors (Lipinski definition) is 3. The minimum Gasteiger partial charge on any atom is -0.487 e. The van der Waals surface area contributed by atoms with Gasteiger partial charge in [0.15, 0.2) is 0 Å². The van der Waals surface area contributed by atoms with Gasteiger partial charge in [0, 0.05) is 13.1 Å². The zero-order valence-electron chi connectivity index (χ0n) is 12.7. The summed E-state index contributed by atoms with van der Waals surface area (Å²) < 4.78 is 18.4. The molecule has 0 saturated carbocycles. The van der Waals surface area contributed by atoms with Crippen molar-refractivity contribution in [2.75, 3.05) is 7.05 Å². The van der Waals surface area contributed by atoms with Gasteiger partial charge in [-0.1, -0.05) is 6.07 Å². The molecule has 0 radical (unpaired) electrons. The van der Waals surface area contributed by atoms with Gasteiger partial charge >= 0.3 is 0 Å². The molecule has 23 heavy (non-hydrogen) atoms. The number of amides is 2. The summed E-state index contributed by atoms with van der Waals surface area (Å²) in [5.41, 5.74) is 0.686. The number of hydrogen-bond acceptors (Lipinski definition) is 4. The van der Waals surface area contributed by atoms with Gasteiger partial charge in [-0.25, -0.2) is 4.39 Å². The quantitative estimate of drug-likeness (QED) is 0.739. The van der Waals surface area contributed by atoms with E-state index in [1.54, 1.807) is 13.0 Å². The Morgan fingerprint density at radius 2 is 2.17 bits per heavy atom. The maximum Gasteiger partial charge on any atom is 0.272 e. The fourth-order valence-electron chi connectivity index (χ4n) is 1.82. The van der Waals surface area contributed by atoms with Crippen LogP contribution in [0.2, 0.25) is 0 Å². The molecular weight excluding hydrogens is 303 g/mol. The molecule has 8 heteroatoms. The third kappa shape index (κ3) is 4.53. The van der Waals surface area contributed by atoms with E-state index < -0.39 is 17.8 Å². The normalized spacial score (nSPS) is 11.6. The Morgan fingerprint density at radius 3 is 2.87 bits per heavy atom. The van der Waals surface area contributed by atoms with Gasteiger partial charge in [0.05, 0.1) is 5.69 Å². The number of carbonyl (C=O) groups is 2. The number of ether oxygens (including phenoxy) is 1. The maximum atomic E-state index is 13.0. The van der Waals surface area contributed by atoms with Crippen LogP contribution >= 0.6 is 0 Å². The number of likely N-dealkylation sites (N-methyl/N-ethyl adjacent to an activating group) is 1. The molecule has 7 nitrogen and oxygen atoms in total. The highest BCUT2D eigenvalue weighted by Gasteiger charge is 2.17. The number of nitrogens with zero attached hydrogens (tertiary/aromatic N) is 1. The lowest BCUT2D eigenvalue weighted by molar-refractivity contribution is -0.122. The molecule has 1 aromatic heterocycles. The number of rotatable bonds is 6. The number of aromatic amines is 1. The summed E-state index contributed by atoms with van der Waals surface area (Å²) in [6, 6.07) is 6.57. The van der Waals surface area contributed by atoms with E-state index in [-0.39, 0.29) is 18.2 Å². The summed E-state index contributed by atoms with van der Waals surface area (Å²) in [7, 11) is 1.49. The summed E-state index contributed by atoms with van der Waals surface area (Å²) >= 11 is 0. The zero-order chi connectivity index (χ0) is 16.8. The first-order valence-corrected chi connectivity index (χ1v) is 6.94. The van der Waals surface area contributed by atoms with Gasteiger partial charge in [0.1, 0.15) is 29.9 Å². The van der Waals surface area contributed by atoms with Crippen LogP contribution in [0.3, 0.4) is 0 Å². The second-order valence-corrected chi connectivity index (χ2v) is 4.83. The van der Waals surface area contributed by atoms with Crippen molar-refractivity contribution in [3.8, 4) is 5.75 Å². The van der Waals surface area contributed by atoms with Crippen molar-refractivity contribution >= 4 is 11.8 Å². The van der Waals surface area contributed by atoms with Crippen LogP contribution in [0.1, 0.15) is 23.1 Å². The first kappa shape index (κ1) is 16.5. The summed E-state index contributed by atoms with van der Waals surface area (Å²) in [6.45, 7) is 1.67. The molecule has 0 aliphatic rings. The first-order valence-electron chi connectivity index (χ1n) is 6.94. The Hall–Kier alpha value is -2.90. The van der Waals surface area contributed by atoms with E-state index in [4.69, 9.17) is 4.74 Å². The van der Waals surface area contributed by atoms with Crippen LogP contribution < -0.4 is 15.4 Å². The van der Waals surface area contributed by atoms with Crippen molar-refractivity contribution in [2.24, 2.45) is 0 Å². The van der Waals surface area contributed by atoms with E-state index in [1.165, 1.54) is 31.3 Å². The summed E-state index contributed by atoms with van der Waals surface area (Å²) in [5, 5.41) is 11.5. The van der Waals surface area contributed by atoms with Crippen molar-refractivity contribution in [1.82, 2.24) is 20.8 Å². The third-order valence-corrected chi connectivity index (χ3v) is 3.04. The number of aromatic nitrogens is 2. The Labute approximate surface area is 132 Å². The van der Waals surface area contributed by atoms with Gasteiger partial charge in [-0.15, -0.1) is 0 Å². The summed E-state index contributed by atoms with van der Waals surface area (Å²) in [6.07, 6.45) is 0. The summed E-state index contributed by atoms with van der Waals surface area (Å²) in [5.74, 6) is -0.799. The van der Waals surface area contributed by atoms with Crippen LogP contribution in [-0.2, 0) is 11.4 Å². The Balaban J connectivity index is 1.92. The van der Waals surface area contributed by atoms with Crippen molar-refractivity contribution in [2.45, 2.75) is 19.6 Å². The number of carbonyl (C=O) groups excluding carboxylic acids is 2. The molecule has 0 fully saturated rings. The van der Waals surface area contributed by atoms with E-state index in [0.717, 1.165) is 0 Å². The second kappa shape index (κ2) is 7.39. The van der Waals surface area contributed by atoms with Crippen LogP contribution in [0.25, 0.3) is 0 Å². The van der Waals surface area contributed by atoms with Crippen molar-refractivity contribution < 1.29 is 18.7 Å². The van der Waals surface area contributed by atoms with Crippen molar-refractivity contribution in [3.63, 3.8) is 0 Å². The lowest BCUT2D eigenvalue weighted by Crippen LogP contribution is -2.43. The van der Waals surface area contributed by atoms with Gasteiger partial charge < -0.3 is 15.4 Å². The van der Waals surface area contributed by atoms with E-state index in [1.807, 2.05) is 0 Å². The van der Waals surface area contributed by atoms with E-state index in [9.17, 15) is 14.0 Å². The van der Waals surface area contributed by atoms with Crippen LogP contribution in [0.4, 0.5) is 4.39 Å². The van der Waals surface area contributed by atoms with Crippen molar-refractivity contribution in [3.05, 3.63) is 47.5 Å². The number of nitrogens with one attached hydrogen (secondary N) is 3. The molecule has 122 valence electrons. The second-order valence-electron chi connectivity index (χ2n) is 4.83. The molecule has 0 aliphatic carbocycles. The minimum absolute atomic E-state index is 0.106. The lowest BCUT2D eigenvalue weighted by atomic mass is 10.3. The van der Waals surface area contributed by atoms with Gasteiger partial charge in [-0.3, -0.25) is 14.7 Å². The van der Waals surface area contributed by atoms with Crippen LogP contribution in [0.5, 0.6) is 5.75 Å². The Kier molecular flexibility index (Phi) is 5.29. The lowest BCUT2D eigenvalue weighted by Gasteiger charge is -2.10. The van der Waals surface area contributed by atoms with E-state index >= 15 is 0 Å². The number of halogens is 1. The van der Waals surface area contributed by atoms with Crippen LogP contribution in [0, 0.1) is 5.82 Å². The molecule has 0 spiro atoms. The largest absolute Gasteiger partial charge is 0.487 e. The highest BCUT2D eigenvalue weighted by Crippen LogP contribution is 2.13. The molecular formula is C15H17FN4O3. The maximum absolute atomic E-state index is 13.0. The van der Waals surface area contributed by atoms with Gasteiger partial charge in [0.25, 0.3) is 5.91 Å². The highest BCUT2D eigenvalue weighted by molar-refractivity contribution is 5.95. The standard InChI is InChI=1S/C15H17FN4O3/c1-9(14(21)17-2)18-15(22)13-7-11(19-20-13)8-23-12-5-3-4-10(16)6-12/h3-7,9H,8H2,1-2H3,(H,17,21)(H,18,22)(H,19,20)/t9-/m1/s1. The SMILES string of the molecule is CNC(=O)[C@@H](C)NC(=O)c1cc(COc2cccc(F)c2)[nH]n1. The molecule has 3 N–H and O–H groups in total. The van der Waals surface area contributed by atoms with Crippen LogP contribution in [-0.4, -0.2) is 35.1 Å². The first-order chi connectivity index (χ1) is 11.0. The predicted octanol–water partition coefficient (Wildman–Crippen LogP) is 0.992. The summed E-state index contributed by atoms with van der Waals surface area (Å²) in [4.78, 5) is 23.3. The van der Waals surface area contributed by atoms with Gasteiger partial charge in [-0.05, 0) is 25.1 Å². The fraction of sp³-hybridized carbons (Fsp3) is 0.267. The molecule has 0 saturated heterocycles. The Bertz CT molecular complexity index is 702. The van der Waals surface area contributed by atoms with E-state index in [0.29, 0.717) is 11.4 Å². The highest BCUT2D eigenvalue weighted by atomic mass is 19.1. The predicted molar refractivity (Wildman–Crippen MR) is 80.3 cm³/mol. The van der Waals surface area contributed by atoms with E-state index in [2.05, 4.69) is 20.8 Å². The molecule has 1 aromatic carbocycles. The molecule has 1 atom stereocenters. The molecule has 0 aliphatic heterocycles. The van der Waals surface area contributed by atoms with Crippen LogP contribution in [0.15, 0.2) is 30.3 Å². The average Bonchev–Trinajstić information content (AvgIpc) is 3.01. The number of benzene rings is 1. The molecule has 2 aromatic rings. The third-order valence-electron chi connectivity index (χ3n) is 3.04. The topological polar surface area (TPSA) is 96.1 Å². The number of H-pyrrole nitrogens is 1. The molecule has 0 unspecified atom stereocenters. The fourth-order valence-corrected chi connectivity index (χ4v) is 1.82. The minimum atomic E-state index is -0.670. The average molecular weight is 320 g/mol. The van der Waals surface area contributed by atoms with Crippen molar-refractivity contribution in [1.29, 1.82) is 0 Å². The zero-order valence-corrected chi connectivity index (χ0v) is 12.7. The van der Waals surface area contributed by atoms with Gasteiger partial charge in [0.2, 0.25) is 5.91 Å². The monoisotopic (exact) mass is 320 g/mol. The smallest absolute Gasteiger partial charge is 0.272 e. The molecule has 2 amide bonds. The Morgan fingerprint density at radius 1 is 1.39 bits per heavy atom. The molecule has 1 heterocycles. The van der Waals surface area contributed by atoms with Gasteiger partial charge in [-0.2, -0.15) is 5.10 Å². The molecule has 0 bridgehead atoms.